The van der Waals surface area contributed by atoms with Crippen molar-refractivity contribution >= 4 is 34.8 Å². The van der Waals surface area contributed by atoms with Gasteiger partial charge >= 0.3 is 6.03 Å². The van der Waals surface area contributed by atoms with Crippen LogP contribution in [0.2, 0.25) is 0 Å². The van der Waals surface area contributed by atoms with Gasteiger partial charge in [-0.3, -0.25) is 29.3 Å². The van der Waals surface area contributed by atoms with Gasteiger partial charge in [0.2, 0.25) is 5.91 Å². The fourth-order valence-electron chi connectivity index (χ4n) is 5.71. The first kappa shape index (κ1) is 28.1. The Balaban J connectivity index is 1.32. The van der Waals surface area contributed by atoms with Crippen LogP contribution in [0.5, 0.6) is 0 Å². The molecule has 10 nitrogen and oxygen atoms in total. The highest BCUT2D eigenvalue weighted by molar-refractivity contribution is 6.07. The van der Waals surface area contributed by atoms with Crippen LogP contribution < -0.4 is 5.32 Å². The van der Waals surface area contributed by atoms with E-state index in [1.54, 1.807) is 35.2 Å². The van der Waals surface area contributed by atoms with Gasteiger partial charge in [0.15, 0.2) is 0 Å². The summed E-state index contributed by atoms with van der Waals surface area (Å²) in [6.45, 7) is 6.04. The van der Waals surface area contributed by atoms with Gasteiger partial charge in [-0.1, -0.05) is 31.5 Å². The van der Waals surface area contributed by atoms with E-state index in [4.69, 9.17) is 0 Å². The third-order valence-corrected chi connectivity index (χ3v) is 8.10. The number of urea groups is 1. The number of imide groups is 1. The Morgan fingerprint density at radius 3 is 2.39 bits per heavy atom. The number of amides is 5. The number of rotatable bonds is 6. The fraction of sp³-hybridized carbons (Fsp3) is 0.400. The van der Waals surface area contributed by atoms with Crippen LogP contribution in [0, 0.1) is 18.7 Å². The van der Waals surface area contributed by atoms with Gasteiger partial charge in [0.05, 0.1) is 16.6 Å². The average molecular weight is 561 g/mol. The maximum Gasteiger partial charge on any atom is 0.327 e. The molecule has 2 aliphatic heterocycles. The number of likely N-dealkylation sites (tertiary alicyclic amines) is 1. The van der Waals surface area contributed by atoms with E-state index in [-0.39, 0.29) is 61.8 Å². The number of nitrogens with one attached hydrogen (secondary N) is 1. The highest BCUT2D eigenvalue weighted by Gasteiger charge is 2.57. The summed E-state index contributed by atoms with van der Waals surface area (Å²) >= 11 is 0. The number of aromatic nitrogens is 2. The minimum Gasteiger partial charge on any atom is -0.341 e. The number of carbonyl (C=O) groups excluding carboxylic acids is 4. The Labute approximate surface area is 237 Å². The van der Waals surface area contributed by atoms with Crippen molar-refractivity contribution in [2.75, 3.05) is 20.1 Å². The Bertz CT molecular complexity index is 1530. The first-order valence-corrected chi connectivity index (χ1v) is 13.7. The molecule has 1 aromatic heterocycles. The van der Waals surface area contributed by atoms with Gasteiger partial charge < -0.3 is 15.1 Å². The number of hydrogen-bond donors (Lipinski definition) is 1. The molecule has 1 spiro atoms. The van der Waals surface area contributed by atoms with Gasteiger partial charge in [-0.15, -0.1) is 0 Å². The van der Waals surface area contributed by atoms with Crippen molar-refractivity contribution in [3.63, 3.8) is 0 Å². The van der Waals surface area contributed by atoms with E-state index in [0.29, 0.717) is 5.52 Å². The summed E-state index contributed by atoms with van der Waals surface area (Å²) in [6, 6.07) is 8.55. The number of hydrogen-bond acceptors (Lipinski definition) is 6. The lowest BCUT2D eigenvalue weighted by Gasteiger charge is -2.43. The molecular weight excluding hydrogens is 527 g/mol. The number of piperidine rings is 1. The van der Waals surface area contributed by atoms with Gasteiger partial charge in [0.25, 0.3) is 11.8 Å². The smallest absolute Gasteiger partial charge is 0.327 e. The molecule has 41 heavy (non-hydrogen) atoms. The fourth-order valence-corrected chi connectivity index (χ4v) is 5.71. The third-order valence-electron chi connectivity index (χ3n) is 8.10. The lowest BCUT2D eigenvalue weighted by Crippen LogP contribution is -2.60. The van der Waals surface area contributed by atoms with E-state index in [0.717, 1.165) is 21.5 Å². The minimum absolute atomic E-state index is 0.116. The number of aryl methyl sites for hydroxylation is 1. The van der Waals surface area contributed by atoms with Crippen LogP contribution in [0.1, 0.15) is 48.2 Å². The zero-order chi connectivity index (χ0) is 29.5. The molecule has 5 amide bonds. The molecule has 2 aromatic carbocycles. The Morgan fingerprint density at radius 2 is 1.71 bits per heavy atom. The summed E-state index contributed by atoms with van der Waals surface area (Å²) < 4.78 is 14.3. The summed E-state index contributed by atoms with van der Waals surface area (Å²) in [5, 5.41) is 2.72. The average Bonchev–Trinajstić information content (AvgIpc) is 3.13. The molecule has 3 aromatic rings. The zero-order valence-electron chi connectivity index (χ0n) is 23.6. The molecule has 2 fully saturated rings. The SMILES string of the molecule is Cc1ccc(F)c(C(=O)N[C@@H](C(=O)N2CCC3(CC2)C(=O)N(C)C(=O)N3Cc2ccc3nccnc3c2)C(C)C)c1. The molecule has 3 heterocycles. The van der Waals surface area contributed by atoms with Gasteiger partial charge in [-0.05, 0) is 55.5 Å². The van der Waals surface area contributed by atoms with Crippen LogP contribution in [0.15, 0.2) is 48.8 Å². The number of carbonyl (C=O) groups is 4. The van der Waals surface area contributed by atoms with Crippen LogP contribution in [0.3, 0.4) is 0 Å². The minimum atomic E-state index is -1.08. The highest BCUT2D eigenvalue weighted by atomic mass is 19.1. The van der Waals surface area contributed by atoms with Gasteiger partial charge in [-0.25, -0.2) is 9.18 Å². The van der Waals surface area contributed by atoms with Gasteiger partial charge in [0.1, 0.15) is 17.4 Å². The van der Waals surface area contributed by atoms with Gasteiger partial charge in [0, 0.05) is 39.1 Å². The summed E-state index contributed by atoms with van der Waals surface area (Å²) in [5.74, 6) is -2.17. The van der Waals surface area contributed by atoms with Crippen LogP contribution in [-0.2, 0) is 16.1 Å². The largest absolute Gasteiger partial charge is 0.341 e. The van der Waals surface area contributed by atoms with E-state index in [1.165, 1.54) is 19.2 Å². The molecule has 2 saturated heterocycles. The van der Waals surface area contributed by atoms with Crippen molar-refractivity contribution < 1.29 is 23.6 Å². The second kappa shape index (κ2) is 10.9. The molecular formula is C30H33FN6O4. The predicted octanol–water partition coefficient (Wildman–Crippen LogP) is 3.29. The predicted molar refractivity (Wildman–Crippen MR) is 149 cm³/mol. The molecule has 1 N–H and O–H groups in total. The molecule has 11 heteroatoms. The standard InChI is InChI=1S/C30H33FN6O4/c1-18(2)25(34-26(38)21-15-19(3)5-7-22(21)31)27(39)36-13-9-30(10-14-36)28(40)35(4)29(41)37(30)17-20-6-8-23-24(16-20)33-12-11-32-23/h5-8,11-12,15-16,18,25H,9-10,13-14,17H2,1-4H3,(H,34,38)/t25-/m1/s1. The molecule has 2 aliphatic rings. The second-order valence-corrected chi connectivity index (χ2v) is 11.1. The van der Waals surface area contributed by atoms with Gasteiger partial charge in [-0.2, -0.15) is 0 Å². The van der Waals surface area contributed by atoms with Crippen molar-refractivity contribution in [3.05, 3.63) is 71.3 Å². The normalized spacial score (nSPS) is 17.6. The third kappa shape index (κ3) is 5.12. The number of likely N-dealkylation sites (N-methyl/N-ethyl adjacent to an activating group) is 1. The Morgan fingerprint density at radius 1 is 1.02 bits per heavy atom. The van der Waals surface area contributed by atoms with Crippen LogP contribution in [0.25, 0.3) is 11.0 Å². The lowest BCUT2D eigenvalue weighted by atomic mass is 9.85. The maximum atomic E-state index is 14.3. The highest BCUT2D eigenvalue weighted by Crippen LogP contribution is 2.38. The van der Waals surface area contributed by atoms with E-state index in [2.05, 4.69) is 15.3 Å². The molecule has 0 radical (unpaired) electrons. The lowest BCUT2D eigenvalue weighted by molar-refractivity contribution is -0.142. The molecule has 0 aliphatic carbocycles. The number of fused-ring (bicyclic) bond motifs is 1. The Hall–Kier alpha value is -4.41. The second-order valence-electron chi connectivity index (χ2n) is 11.1. The Kier molecular flexibility index (Phi) is 7.46. The quantitative estimate of drug-likeness (QED) is 0.463. The van der Waals surface area contributed by atoms with Crippen LogP contribution >= 0.6 is 0 Å². The van der Waals surface area contributed by atoms with Crippen molar-refractivity contribution in [2.24, 2.45) is 5.92 Å². The summed E-state index contributed by atoms with van der Waals surface area (Å²) in [5.41, 5.74) is 1.77. The molecule has 5 rings (SSSR count). The summed E-state index contributed by atoms with van der Waals surface area (Å²) in [7, 11) is 1.48. The van der Waals surface area contributed by atoms with Crippen molar-refractivity contribution in [1.82, 2.24) is 30.0 Å². The van der Waals surface area contributed by atoms with E-state index >= 15 is 0 Å². The summed E-state index contributed by atoms with van der Waals surface area (Å²) in [6.07, 6.45) is 3.72. The number of benzene rings is 2. The van der Waals surface area contributed by atoms with Crippen molar-refractivity contribution in [2.45, 2.75) is 51.7 Å². The molecule has 0 bridgehead atoms. The first-order valence-electron chi connectivity index (χ1n) is 13.7. The van der Waals surface area contributed by atoms with Crippen LogP contribution in [-0.4, -0.2) is 80.1 Å². The van der Waals surface area contributed by atoms with Crippen LogP contribution in [0.4, 0.5) is 9.18 Å². The van der Waals surface area contributed by atoms with Crippen molar-refractivity contribution in [1.29, 1.82) is 0 Å². The maximum absolute atomic E-state index is 14.3. The molecule has 1 atom stereocenters. The monoisotopic (exact) mass is 560 g/mol. The van der Waals surface area contributed by atoms with E-state index in [1.807, 2.05) is 32.0 Å². The topological polar surface area (TPSA) is 116 Å². The zero-order valence-corrected chi connectivity index (χ0v) is 23.6. The first-order chi connectivity index (χ1) is 19.5. The molecule has 0 unspecified atom stereocenters. The number of nitrogens with zero attached hydrogens (tertiary/aromatic N) is 5. The van der Waals surface area contributed by atoms with E-state index < -0.39 is 23.3 Å². The summed E-state index contributed by atoms with van der Waals surface area (Å²) in [4.78, 5) is 66.1. The molecule has 0 saturated carbocycles. The number of halogens is 1. The van der Waals surface area contributed by atoms with E-state index in [9.17, 15) is 23.6 Å². The molecule has 214 valence electrons. The van der Waals surface area contributed by atoms with Crippen molar-refractivity contribution in [3.8, 4) is 0 Å².